The van der Waals surface area contributed by atoms with Crippen LogP contribution in [0.5, 0.6) is 0 Å². The van der Waals surface area contributed by atoms with Crippen molar-refractivity contribution in [3.8, 4) is 0 Å². The van der Waals surface area contributed by atoms with Gasteiger partial charge in [0.1, 0.15) is 5.78 Å². The fraction of sp³-hybridized carbons (Fsp3) is 0.481. The van der Waals surface area contributed by atoms with Crippen LogP contribution in [-0.4, -0.2) is 39.1 Å². The third-order valence-corrected chi connectivity index (χ3v) is 8.71. The van der Waals surface area contributed by atoms with Gasteiger partial charge in [0.25, 0.3) is 0 Å². The number of rotatable bonds is 11. The molecule has 6 nitrogen and oxygen atoms in total. The van der Waals surface area contributed by atoms with Crippen molar-refractivity contribution in [2.45, 2.75) is 55.5 Å². The van der Waals surface area contributed by atoms with E-state index in [4.69, 9.17) is 10.5 Å². The summed E-state index contributed by atoms with van der Waals surface area (Å²) in [5.41, 5.74) is 5.40. The molecule has 38 heavy (non-hydrogen) atoms. The highest BCUT2D eigenvalue weighted by atomic mass is 35.5. The molecule has 1 aliphatic carbocycles. The molecule has 0 unspecified atom stereocenters. The Morgan fingerprint density at radius 2 is 1.58 bits per heavy atom. The third kappa shape index (κ3) is 9.10. The van der Waals surface area contributed by atoms with Crippen LogP contribution in [0, 0.1) is 11.8 Å². The van der Waals surface area contributed by atoms with Crippen LogP contribution in [0.25, 0.3) is 0 Å². The summed E-state index contributed by atoms with van der Waals surface area (Å²) in [5.74, 6) is -1.19. The molecule has 0 saturated heterocycles. The molecule has 1 fully saturated rings. The molecule has 2 aromatic carbocycles. The minimum atomic E-state index is -4.53. The minimum Gasteiger partial charge on any atom is -0.465 e. The molecule has 0 radical (unpaired) electrons. The van der Waals surface area contributed by atoms with E-state index in [1.165, 1.54) is 0 Å². The molecule has 0 aliphatic heterocycles. The maximum atomic E-state index is 13.1. The zero-order valence-corrected chi connectivity index (χ0v) is 22.5. The van der Waals surface area contributed by atoms with E-state index in [2.05, 4.69) is 0 Å². The maximum Gasteiger partial charge on any atom is 0.416 e. The molecule has 0 amide bonds. The smallest absolute Gasteiger partial charge is 0.416 e. The number of Topliss-reactive ketones (excluding diaryl/α,β-unsaturated/α-hetero) is 1. The lowest BCUT2D eigenvalue weighted by Gasteiger charge is -2.28. The Hall–Kier alpha value is -2.43. The van der Waals surface area contributed by atoms with Crippen molar-refractivity contribution in [2.24, 2.45) is 17.6 Å². The fourth-order valence-corrected chi connectivity index (χ4v) is 6.40. The lowest BCUT2D eigenvalue weighted by atomic mass is 9.78. The quantitative estimate of drug-likeness (QED) is 0.363. The van der Waals surface area contributed by atoms with Crippen LogP contribution in [0.1, 0.15) is 55.6 Å². The van der Waals surface area contributed by atoms with Crippen LogP contribution in [-0.2, 0) is 30.3 Å². The molecule has 0 spiro atoms. The predicted molar refractivity (Wildman–Crippen MR) is 140 cm³/mol. The van der Waals surface area contributed by atoms with Gasteiger partial charge in [-0.2, -0.15) is 13.2 Å². The van der Waals surface area contributed by atoms with Crippen molar-refractivity contribution in [2.75, 3.05) is 18.9 Å². The summed E-state index contributed by atoms with van der Waals surface area (Å²) in [4.78, 5) is 24.8. The van der Waals surface area contributed by atoms with E-state index in [0.29, 0.717) is 25.7 Å². The molecular formula is C27H33ClF3NO5S. The molecule has 0 bridgehead atoms. The van der Waals surface area contributed by atoms with E-state index >= 15 is 0 Å². The van der Waals surface area contributed by atoms with E-state index in [-0.39, 0.29) is 72.6 Å². The number of ether oxygens (including phenoxy) is 1. The van der Waals surface area contributed by atoms with Gasteiger partial charge in [0.05, 0.1) is 29.2 Å². The zero-order valence-electron chi connectivity index (χ0n) is 20.9. The van der Waals surface area contributed by atoms with Gasteiger partial charge in [-0.1, -0.05) is 30.3 Å². The topological polar surface area (TPSA) is 104 Å². The van der Waals surface area contributed by atoms with Crippen molar-refractivity contribution in [1.29, 1.82) is 0 Å². The van der Waals surface area contributed by atoms with Gasteiger partial charge in [-0.05, 0) is 61.4 Å². The standard InChI is InChI=1S/C27H32F3NO5S.ClH/c28-27(29,30)23-10-12-24(13-11-23)37(34,35)18-19-6-8-21(9-7-19)25(32)16-22(17-36-26(33)14-15-31)20-4-2-1-3-5-20;/h1-5,10-13,19,21-22H,6-9,14-18,31H2;1H/t19?,21?,22-;/m1./s1. The number of carbonyl (C=O) groups is 2. The van der Waals surface area contributed by atoms with Gasteiger partial charge in [-0.25, -0.2) is 8.42 Å². The van der Waals surface area contributed by atoms with Gasteiger partial charge >= 0.3 is 12.1 Å². The molecule has 2 aromatic rings. The zero-order chi connectivity index (χ0) is 27.1. The highest BCUT2D eigenvalue weighted by molar-refractivity contribution is 7.91. The molecule has 1 saturated carbocycles. The second-order valence-corrected chi connectivity index (χ2v) is 11.6. The molecule has 0 aromatic heterocycles. The monoisotopic (exact) mass is 575 g/mol. The SMILES string of the molecule is Cl.NCCC(=O)OC[C@@H](CC(=O)C1CCC(CS(=O)(=O)c2ccc(C(F)(F)F)cc2)CC1)c1ccccc1. The van der Waals surface area contributed by atoms with Gasteiger partial charge in [-0.15, -0.1) is 12.4 Å². The van der Waals surface area contributed by atoms with Crippen molar-refractivity contribution in [3.63, 3.8) is 0 Å². The van der Waals surface area contributed by atoms with Gasteiger partial charge in [0.15, 0.2) is 9.84 Å². The van der Waals surface area contributed by atoms with Gasteiger partial charge in [-0.3, -0.25) is 9.59 Å². The van der Waals surface area contributed by atoms with Crippen molar-refractivity contribution in [3.05, 3.63) is 65.7 Å². The van der Waals surface area contributed by atoms with E-state index in [1.807, 2.05) is 30.3 Å². The highest BCUT2D eigenvalue weighted by Crippen LogP contribution is 2.35. The van der Waals surface area contributed by atoms with Crippen molar-refractivity contribution < 1.29 is 35.9 Å². The van der Waals surface area contributed by atoms with Gasteiger partial charge in [0, 0.05) is 24.8 Å². The van der Waals surface area contributed by atoms with Gasteiger partial charge < -0.3 is 10.5 Å². The van der Waals surface area contributed by atoms with Crippen LogP contribution in [0.2, 0.25) is 0 Å². The summed E-state index contributed by atoms with van der Waals surface area (Å²) in [7, 11) is -3.74. The summed E-state index contributed by atoms with van der Waals surface area (Å²) in [5, 5.41) is 0. The number of nitrogens with two attached hydrogens (primary N) is 1. The minimum absolute atomic E-state index is 0. The molecule has 1 atom stereocenters. The highest BCUT2D eigenvalue weighted by Gasteiger charge is 2.33. The van der Waals surface area contributed by atoms with Crippen molar-refractivity contribution in [1.82, 2.24) is 0 Å². The number of hydrogen-bond donors (Lipinski definition) is 1. The number of halogens is 4. The fourth-order valence-electron chi connectivity index (χ4n) is 4.70. The molecular weight excluding hydrogens is 543 g/mol. The third-order valence-electron chi connectivity index (χ3n) is 6.81. The van der Waals surface area contributed by atoms with Crippen LogP contribution in [0.15, 0.2) is 59.5 Å². The number of esters is 1. The second-order valence-electron chi connectivity index (χ2n) is 9.52. The number of carbonyl (C=O) groups excluding carboxylic acids is 2. The Labute approximate surface area is 227 Å². The average molecular weight is 576 g/mol. The summed E-state index contributed by atoms with van der Waals surface area (Å²) in [6, 6.07) is 12.9. The average Bonchev–Trinajstić information content (AvgIpc) is 2.87. The largest absolute Gasteiger partial charge is 0.465 e. The first-order valence-electron chi connectivity index (χ1n) is 12.3. The summed E-state index contributed by atoms with van der Waals surface area (Å²) in [6.45, 7) is 0.265. The van der Waals surface area contributed by atoms with Gasteiger partial charge in [0.2, 0.25) is 0 Å². The summed E-state index contributed by atoms with van der Waals surface area (Å²) >= 11 is 0. The summed E-state index contributed by atoms with van der Waals surface area (Å²) in [6.07, 6.45) is -2.05. The van der Waals surface area contributed by atoms with Crippen LogP contribution in [0.3, 0.4) is 0 Å². The Morgan fingerprint density at radius 3 is 2.13 bits per heavy atom. The van der Waals surface area contributed by atoms with E-state index in [1.54, 1.807) is 0 Å². The normalized spacial score (nSPS) is 18.7. The molecule has 11 heteroatoms. The Kier molecular flexibility index (Phi) is 11.8. The molecule has 1 aliphatic rings. The first-order valence-corrected chi connectivity index (χ1v) is 14.0. The van der Waals surface area contributed by atoms with Crippen molar-refractivity contribution >= 4 is 34.0 Å². The molecule has 2 N–H and O–H groups in total. The predicted octanol–water partition coefficient (Wildman–Crippen LogP) is 5.34. The Balaban J connectivity index is 0.00000507. The number of benzene rings is 2. The second kappa shape index (κ2) is 14.1. The number of ketones is 1. The number of sulfone groups is 1. The first-order chi connectivity index (χ1) is 17.5. The van der Waals surface area contributed by atoms with E-state index in [9.17, 15) is 31.2 Å². The maximum absolute atomic E-state index is 13.1. The Bertz CT molecular complexity index is 1150. The molecule has 0 heterocycles. The summed E-state index contributed by atoms with van der Waals surface area (Å²) < 4.78 is 69.2. The number of alkyl halides is 3. The lowest BCUT2D eigenvalue weighted by molar-refractivity contribution is -0.144. The molecule has 3 rings (SSSR count). The molecule has 210 valence electrons. The number of hydrogen-bond acceptors (Lipinski definition) is 6. The lowest BCUT2D eigenvalue weighted by Crippen LogP contribution is -2.27. The van der Waals surface area contributed by atoms with E-state index in [0.717, 1.165) is 29.8 Å². The van der Waals surface area contributed by atoms with Crippen LogP contribution >= 0.6 is 12.4 Å². The Morgan fingerprint density at radius 1 is 0.974 bits per heavy atom. The van der Waals surface area contributed by atoms with E-state index < -0.39 is 27.5 Å². The van der Waals surface area contributed by atoms with Crippen LogP contribution < -0.4 is 5.73 Å². The van der Waals surface area contributed by atoms with Crippen LogP contribution in [0.4, 0.5) is 13.2 Å². The first kappa shape index (κ1) is 31.8.